The van der Waals surface area contributed by atoms with Gasteiger partial charge in [0.1, 0.15) is 10.7 Å². The minimum Gasteiger partial charge on any atom is -0.390 e. The second-order valence-electron chi connectivity index (χ2n) is 8.10. The molecule has 2 fully saturated rings. The molecule has 0 atom stereocenters. The van der Waals surface area contributed by atoms with Gasteiger partial charge in [0.25, 0.3) is 0 Å². The molecule has 2 aromatic rings. The molecule has 0 amide bonds. The molecule has 182 valence electrons. The number of nitrogens with one attached hydrogen (secondary N) is 1. The number of nitrogens with zero attached hydrogens (tertiary/aromatic N) is 5. The van der Waals surface area contributed by atoms with E-state index in [1.807, 2.05) is 0 Å². The molecule has 15 heteroatoms. The molecule has 0 saturated carbocycles. The number of β-amino-alcohol motifs (C(OH)–C–C–N with tert-alkyl or cyclic N) is 1. The van der Waals surface area contributed by atoms with Gasteiger partial charge in [-0.1, -0.05) is 0 Å². The van der Waals surface area contributed by atoms with Crippen LogP contribution in [0, 0.1) is 5.82 Å². The molecule has 2 aromatic heterocycles. The number of anilines is 1. The van der Waals surface area contributed by atoms with Gasteiger partial charge in [-0.3, -0.25) is 4.90 Å². The standard InChI is InChI=1S/C18H22F4N6O3S2/c1-33(30,31)28-4-2-10(3-5-28)24-17-23-6-12(19)14(26-17)15-16(18(20,21)22)25-13(32-15)9-27-7-11(29)8-27/h6,10-11,29H,2-5,7-9H2,1H3,(H,23,24,26). The lowest BCUT2D eigenvalue weighted by Gasteiger charge is -2.34. The van der Waals surface area contributed by atoms with Gasteiger partial charge >= 0.3 is 6.18 Å². The molecule has 2 saturated heterocycles. The summed E-state index contributed by atoms with van der Waals surface area (Å²) in [4.78, 5) is 12.8. The second-order valence-corrected chi connectivity index (χ2v) is 11.2. The van der Waals surface area contributed by atoms with Gasteiger partial charge in [-0.25, -0.2) is 32.1 Å². The molecular formula is C18H22F4N6O3S2. The first kappa shape index (κ1) is 24.2. The first-order valence-corrected chi connectivity index (χ1v) is 12.8. The number of alkyl halides is 3. The van der Waals surface area contributed by atoms with Crippen molar-refractivity contribution in [2.24, 2.45) is 0 Å². The summed E-state index contributed by atoms with van der Waals surface area (Å²) in [6, 6.07) is -0.210. The van der Waals surface area contributed by atoms with Gasteiger partial charge in [0.2, 0.25) is 16.0 Å². The van der Waals surface area contributed by atoms with Gasteiger partial charge in [-0.15, -0.1) is 11.3 Å². The van der Waals surface area contributed by atoms with Crippen LogP contribution in [0.2, 0.25) is 0 Å². The van der Waals surface area contributed by atoms with E-state index in [0.29, 0.717) is 37.3 Å². The van der Waals surface area contributed by atoms with E-state index >= 15 is 0 Å². The average molecular weight is 511 g/mol. The predicted molar refractivity (Wildman–Crippen MR) is 112 cm³/mol. The highest BCUT2D eigenvalue weighted by molar-refractivity contribution is 7.88. The third-order valence-corrected chi connectivity index (χ3v) is 7.80. The zero-order valence-electron chi connectivity index (χ0n) is 17.5. The van der Waals surface area contributed by atoms with Crippen molar-refractivity contribution < 1.29 is 31.1 Å². The van der Waals surface area contributed by atoms with Crippen molar-refractivity contribution in [1.82, 2.24) is 24.2 Å². The van der Waals surface area contributed by atoms with Gasteiger partial charge < -0.3 is 10.4 Å². The van der Waals surface area contributed by atoms with Crippen molar-refractivity contribution in [3.8, 4) is 10.6 Å². The maximum atomic E-state index is 14.5. The SMILES string of the molecule is CS(=O)(=O)N1CCC(Nc2ncc(F)c(-c3sc(CN4CC(O)C4)nc3C(F)(F)F)n2)CC1. The monoisotopic (exact) mass is 510 g/mol. The lowest BCUT2D eigenvalue weighted by molar-refractivity contribution is -0.140. The Morgan fingerprint density at radius 3 is 2.48 bits per heavy atom. The number of rotatable bonds is 6. The normalized spacial score (nSPS) is 19.6. The Balaban J connectivity index is 1.55. The molecule has 0 unspecified atom stereocenters. The first-order chi connectivity index (χ1) is 15.4. The summed E-state index contributed by atoms with van der Waals surface area (Å²) < 4.78 is 80.1. The van der Waals surface area contributed by atoms with Gasteiger partial charge in [-0.2, -0.15) is 13.2 Å². The zero-order chi connectivity index (χ0) is 24.0. The van der Waals surface area contributed by atoms with Crippen molar-refractivity contribution in [2.45, 2.75) is 37.7 Å². The van der Waals surface area contributed by atoms with Crippen LogP contribution in [0.25, 0.3) is 10.6 Å². The molecular weight excluding hydrogens is 488 g/mol. The molecule has 0 radical (unpaired) electrons. The fourth-order valence-corrected chi connectivity index (χ4v) is 5.75. The highest BCUT2D eigenvalue weighted by Gasteiger charge is 2.40. The minimum atomic E-state index is -4.80. The van der Waals surface area contributed by atoms with E-state index in [9.17, 15) is 31.1 Å². The highest BCUT2D eigenvalue weighted by atomic mass is 32.2. The quantitative estimate of drug-likeness (QED) is 0.566. The Kier molecular flexibility index (Phi) is 6.61. The number of aliphatic hydroxyl groups excluding tert-OH is 1. The number of aliphatic hydroxyl groups is 1. The number of aromatic nitrogens is 3. The predicted octanol–water partition coefficient (Wildman–Crippen LogP) is 1.77. The summed E-state index contributed by atoms with van der Waals surface area (Å²) >= 11 is 0.704. The van der Waals surface area contributed by atoms with E-state index in [1.165, 1.54) is 4.31 Å². The van der Waals surface area contributed by atoms with Crippen LogP contribution in [0.5, 0.6) is 0 Å². The number of likely N-dealkylation sites (tertiary alicyclic amines) is 1. The van der Waals surface area contributed by atoms with Gasteiger partial charge in [0.05, 0.1) is 30.0 Å². The van der Waals surface area contributed by atoms with E-state index in [1.54, 1.807) is 4.90 Å². The van der Waals surface area contributed by atoms with Crippen LogP contribution in [0.15, 0.2) is 6.20 Å². The van der Waals surface area contributed by atoms with Crippen molar-refractivity contribution in [3.63, 3.8) is 0 Å². The second kappa shape index (κ2) is 9.02. The van der Waals surface area contributed by atoms with Crippen LogP contribution in [0.3, 0.4) is 0 Å². The van der Waals surface area contributed by atoms with Gasteiger partial charge in [0.15, 0.2) is 11.5 Å². The largest absolute Gasteiger partial charge is 0.434 e. The lowest BCUT2D eigenvalue weighted by Crippen LogP contribution is -2.49. The Labute approximate surface area is 191 Å². The van der Waals surface area contributed by atoms with Crippen LogP contribution in [-0.4, -0.2) is 82.3 Å². The molecule has 0 aromatic carbocycles. The Morgan fingerprint density at radius 1 is 1.24 bits per heavy atom. The number of sulfonamides is 1. The van der Waals surface area contributed by atoms with Crippen molar-refractivity contribution >= 4 is 27.3 Å². The topological polar surface area (TPSA) is 112 Å². The number of piperidine rings is 1. The van der Waals surface area contributed by atoms with Crippen LogP contribution in [0.1, 0.15) is 23.5 Å². The molecule has 0 aliphatic carbocycles. The third kappa shape index (κ3) is 5.59. The molecule has 2 N–H and O–H groups in total. The number of thiazole rings is 1. The fourth-order valence-electron chi connectivity index (χ4n) is 3.76. The summed E-state index contributed by atoms with van der Waals surface area (Å²) in [7, 11) is -3.30. The minimum absolute atomic E-state index is 0.0434. The van der Waals surface area contributed by atoms with Crippen LogP contribution < -0.4 is 5.32 Å². The zero-order valence-corrected chi connectivity index (χ0v) is 19.1. The Bertz CT molecular complexity index is 1110. The van der Waals surface area contributed by atoms with Crippen LogP contribution in [-0.2, 0) is 22.7 Å². The summed E-state index contributed by atoms with van der Waals surface area (Å²) in [5.41, 5.74) is -1.71. The van der Waals surface area contributed by atoms with E-state index < -0.39 is 44.4 Å². The van der Waals surface area contributed by atoms with Crippen molar-refractivity contribution in [2.75, 3.05) is 37.8 Å². The fraction of sp³-hybridized carbons (Fsp3) is 0.611. The lowest BCUT2D eigenvalue weighted by atomic mass is 10.1. The van der Waals surface area contributed by atoms with Crippen molar-refractivity contribution in [3.05, 3.63) is 22.7 Å². The summed E-state index contributed by atoms with van der Waals surface area (Å²) in [5, 5.41) is 12.5. The van der Waals surface area contributed by atoms with E-state index in [-0.39, 0.29) is 36.6 Å². The smallest absolute Gasteiger partial charge is 0.390 e. The molecule has 4 rings (SSSR count). The van der Waals surface area contributed by atoms with Gasteiger partial charge in [0, 0.05) is 32.2 Å². The number of hydrogen-bond donors (Lipinski definition) is 2. The van der Waals surface area contributed by atoms with E-state index in [4.69, 9.17) is 0 Å². The molecule has 4 heterocycles. The highest BCUT2D eigenvalue weighted by Crippen LogP contribution is 2.41. The molecule has 9 nitrogen and oxygen atoms in total. The first-order valence-electron chi connectivity index (χ1n) is 10.1. The molecule has 0 spiro atoms. The van der Waals surface area contributed by atoms with E-state index in [2.05, 4.69) is 20.3 Å². The summed E-state index contributed by atoms with van der Waals surface area (Å²) in [5.74, 6) is -1.05. The molecule has 33 heavy (non-hydrogen) atoms. The molecule has 2 aliphatic heterocycles. The molecule has 2 aliphatic rings. The number of halogens is 4. The number of hydrogen-bond acceptors (Lipinski definition) is 9. The van der Waals surface area contributed by atoms with Crippen molar-refractivity contribution in [1.29, 1.82) is 0 Å². The maximum absolute atomic E-state index is 14.5. The van der Waals surface area contributed by atoms with Gasteiger partial charge in [-0.05, 0) is 12.8 Å². The average Bonchev–Trinajstić information content (AvgIpc) is 3.12. The summed E-state index contributed by atoms with van der Waals surface area (Å²) in [6.45, 7) is 1.36. The molecule has 0 bridgehead atoms. The van der Waals surface area contributed by atoms with E-state index in [0.717, 1.165) is 12.5 Å². The summed E-state index contributed by atoms with van der Waals surface area (Å²) in [6.07, 6.45) is -2.48. The van der Waals surface area contributed by atoms with Crippen LogP contribution in [0.4, 0.5) is 23.5 Å². The maximum Gasteiger partial charge on any atom is 0.434 e. The Hall–Kier alpha value is -1.94. The van der Waals surface area contributed by atoms with Crippen LogP contribution >= 0.6 is 11.3 Å². The Morgan fingerprint density at radius 2 is 1.91 bits per heavy atom. The third-order valence-electron chi connectivity index (χ3n) is 5.45.